The molecule has 4 rings (SSSR count). The van der Waals surface area contributed by atoms with E-state index in [4.69, 9.17) is 4.74 Å². The highest BCUT2D eigenvalue weighted by Crippen LogP contribution is 2.25. The number of thiazole rings is 1. The lowest BCUT2D eigenvalue weighted by Crippen LogP contribution is -2.44. The van der Waals surface area contributed by atoms with Crippen LogP contribution in [0.3, 0.4) is 0 Å². The Hall–Kier alpha value is -3.91. The lowest BCUT2D eigenvalue weighted by Gasteiger charge is -2.12. The predicted molar refractivity (Wildman–Crippen MR) is 121 cm³/mol. The number of hydrazine groups is 1. The van der Waals surface area contributed by atoms with Crippen LogP contribution in [0.25, 0.3) is 10.2 Å². The van der Waals surface area contributed by atoms with Gasteiger partial charge in [-0.1, -0.05) is 65.9 Å². The summed E-state index contributed by atoms with van der Waals surface area (Å²) in [5, 5.41) is 3.61. The SMILES string of the molecule is O=C(CNc1nc2ccccc2s1)NNC(=O)c1ccccc1OCc1ccccc1. The zero-order chi connectivity index (χ0) is 21.5. The number of amides is 2. The monoisotopic (exact) mass is 432 g/mol. The van der Waals surface area contributed by atoms with Gasteiger partial charge < -0.3 is 10.1 Å². The van der Waals surface area contributed by atoms with E-state index in [2.05, 4.69) is 21.2 Å². The van der Waals surface area contributed by atoms with Crippen molar-refractivity contribution in [3.63, 3.8) is 0 Å². The molecule has 0 saturated carbocycles. The summed E-state index contributed by atoms with van der Waals surface area (Å²) in [6, 6.07) is 24.3. The number of nitrogens with zero attached hydrogens (tertiary/aromatic N) is 1. The lowest BCUT2D eigenvalue weighted by atomic mass is 10.2. The van der Waals surface area contributed by atoms with Gasteiger partial charge >= 0.3 is 0 Å². The Labute approximate surface area is 183 Å². The quantitative estimate of drug-likeness (QED) is 0.387. The maximum absolute atomic E-state index is 12.5. The van der Waals surface area contributed by atoms with E-state index < -0.39 is 11.8 Å². The van der Waals surface area contributed by atoms with Crippen LogP contribution in [-0.2, 0) is 11.4 Å². The fourth-order valence-corrected chi connectivity index (χ4v) is 3.72. The van der Waals surface area contributed by atoms with Crippen molar-refractivity contribution < 1.29 is 14.3 Å². The fraction of sp³-hybridized carbons (Fsp3) is 0.0870. The molecule has 0 atom stereocenters. The van der Waals surface area contributed by atoms with Gasteiger partial charge in [0.2, 0.25) is 0 Å². The van der Waals surface area contributed by atoms with Crippen molar-refractivity contribution in [3.05, 3.63) is 90.0 Å². The lowest BCUT2D eigenvalue weighted by molar-refractivity contribution is -0.120. The van der Waals surface area contributed by atoms with Gasteiger partial charge in [-0.15, -0.1) is 0 Å². The Morgan fingerprint density at radius 3 is 2.45 bits per heavy atom. The Kier molecular flexibility index (Phi) is 6.39. The van der Waals surface area contributed by atoms with Crippen LogP contribution in [0, 0.1) is 0 Å². The van der Waals surface area contributed by atoms with E-state index in [1.54, 1.807) is 24.3 Å². The van der Waals surface area contributed by atoms with E-state index in [0.29, 0.717) is 23.1 Å². The highest BCUT2D eigenvalue weighted by atomic mass is 32.1. The Morgan fingerprint density at radius 2 is 1.61 bits per heavy atom. The first-order chi connectivity index (χ1) is 15.2. The van der Waals surface area contributed by atoms with Crippen molar-refractivity contribution >= 4 is 38.5 Å². The molecule has 0 radical (unpaired) electrons. The molecule has 7 nitrogen and oxygen atoms in total. The first-order valence-electron chi connectivity index (χ1n) is 9.63. The highest BCUT2D eigenvalue weighted by molar-refractivity contribution is 7.22. The van der Waals surface area contributed by atoms with Crippen molar-refractivity contribution in [1.29, 1.82) is 0 Å². The fourth-order valence-electron chi connectivity index (χ4n) is 2.86. The number of hydrogen-bond acceptors (Lipinski definition) is 6. The van der Waals surface area contributed by atoms with Crippen LogP contribution in [0.2, 0.25) is 0 Å². The molecule has 0 bridgehead atoms. The molecule has 4 aromatic rings. The largest absolute Gasteiger partial charge is 0.488 e. The van der Waals surface area contributed by atoms with Gasteiger partial charge in [0.05, 0.1) is 22.3 Å². The molecule has 1 heterocycles. The van der Waals surface area contributed by atoms with E-state index in [1.807, 2.05) is 54.6 Å². The number of hydrogen-bond donors (Lipinski definition) is 3. The average molecular weight is 433 g/mol. The summed E-state index contributed by atoms with van der Waals surface area (Å²) in [5.74, 6) is -0.419. The molecule has 0 saturated heterocycles. The number of rotatable bonds is 7. The molecule has 0 aliphatic heterocycles. The third-order valence-electron chi connectivity index (χ3n) is 4.38. The zero-order valence-corrected chi connectivity index (χ0v) is 17.3. The second-order valence-corrected chi connectivity index (χ2v) is 7.64. The summed E-state index contributed by atoms with van der Waals surface area (Å²) in [6.45, 7) is 0.315. The van der Waals surface area contributed by atoms with Crippen LogP contribution >= 0.6 is 11.3 Å². The predicted octanol–water partition coefficient (Wildman–Crippen LogP) is 3.75. The number of nitrogens with one attached hydrogen (secondary N) is 3. The van der Waals surface area contributed by atoms with Gasteiger partial charge in [0.1, 0.15) is 12.4 Å². The molecule has 3 aromatic carbocycles. The topological polar surface area (TPSA) is 92.4 Å². The van der Waals surface area contributed by atoms with Gasteiger partial charge in [-0.2, -0.15) is 0 Å². The molecular formula is C23H20N4O3S. The number of aromatic nitrogens is 1. The molecule has 156 valence electrons. The highest BCUT2D eigenvalue weighted by Gasteiger charge is 2.13. The smallest absolute Gasteiger partial charge is 0.273 e. The van der Waals surface area contributed by atoms with E-state index in [0.717, 1.165) is 15.8 Å². The van der Waals surface area contributed by atoms with Crippen LogP contribution in [0.4, 0.5) is 5.13 Å². The summed E-state index contributed by atoms with van der Waals surface area (Å²) < 4.78 is 6.83. The van der Waals surface area contributed by atoms with Gasteiger partial charge in [-0.05, 0) is 29.8 Å². The van der Waals surface area contributed by atoms with Crippen molar-refractivity contribution in [1.82, 2.24) is 15.8 Å². The Morgan fingerprint density at radius 1 is 0.871 bits per heavy atom. The molecular weight excluding hydrogens is 412 g/mol. The number of carbonyl (C=O) groups is 2. The van der Waals surface area contributed by atoms with Crippen molar-refractivity contribution in [2.75, 3.05) is 11.9 Å². The molecule has 2 amide bonds. The number of para-hydroxylation sites is 2. The molecule has 1 aromatic heterocycles. The van der Waals surface area contributed by atoms with Gasteiger partial charge in [0.15, 0.2) is 5.13 Å². The summed E-state index contributed by atoms with van der Waals surface area (Å²) in [4.78, 5) is 29.1. The Bertz CT molecular complexity index is 1160. The maximum atomic E-state index is 12.5. The molecule has 31 heavy (non-hydrogen) atoms. The van der Waals surface area contributed by atoms with Gasteiger partial charge in [-0.25, -0.2) is 4.98 Å². The molecule has 0 spiro atoms. The van der Waals surface area contributed by atoms with Gasteiger partial charge in [-0.3, -0.25) is 20.4 Å². The van der Waals surface area contributed by atoms with Crippen LogP contribution in [0.1, 0.15) is 15.9 Å². The average Bonchev–Trinajstić information content (AvgIpc) is 3.24. The normalized spacial score (nSPS) is 10.5. The van der Waals surface area contributed by atoms with Crippen LogP contribution in [0.5, 0.6) is 5.75 Å². The van der Waals surface area contributed by atoms with E-state index >= 15 is 0 Å². The molecule has 8 heteroatoms. The summed E-state index contributed by atoms with van der Waals surface area (Å²) in [5.41, 5.74) is 7.03. The molecule has 0 unspecified atom stereocenters. The van der Waals surface area contributed by atoms with Gasteiger partial charge in [0.25, 0.3) is 11.8 Å². The number of anilines is 1. The number of fused-ring (bicyclic) bond motifs is 1. The van der Waals surface area contributed by atoms with E-state index in [1.165, 1.54) is 11.3 Å². The first-order valence-corrected chi connectivity index (χ1v) is 10.4. The first kappa shape index (κ1) is 20.4. The van der Waals surface area contributed by atoms with Crippen LogP contribution < -0.4 is 20.9 Å². The minimum absolute atomic E-state index is 0.0216. The molecule has 0 aliphatic rings. The second-order valence-electron chi connectivity index (χ2n) is 6.61. The number of benzene rings is 3. The number of carbonyl (C=O) groups excluding carboxylic acids is 2. The zero-order valence-electron chi connectivity index (χ0n) is 16.5. The summed E-state index contributed by atoms with van der Waals surface area (Å²) in [6.07, 6.45) is 0. The van der Waals surface area contributed by atoms with Crippen LogP contribution in [0.15, 0.2) is 78.9 Å². The maximum Gasteiger partial charge on any atom is 0.273 e. The van der Waals surface area contributed by atoms with Gasteiger partial charge in [0, 0.05) is 0 Å². The second kappa shape index (κ2) is 9.73. The van der Waals surface area contributed by atoms with Crippen molar-refractivity contribution in [2.45, 2.75) is 6.61 Å². The third-order valence-corrected chi connectivity index (χ3v) is 5.37. The van der Waals surface area contributed by atoms with Crippen LogP contribution in [-0.4, -0.2) is 23.3 Å². The standard InChI is InChI=1S/C23H20N4O3S/c28-21(14-24-23-25-18-11-5-7-13-20(18)31-23)26-27-22(29)17-10-4-6-12-19(17)30-15-16-8-2-1-3-9-16/h1-13H,14-15H2,(H,24,25)(H,26,28)(H,27,29). The minimum atomic E-state index is -0.461. The Balaban J connectivity index is 1.29. The van der Waals surface area contributed by atoms with E-state index in [-0.39, 0.29) is 6.54 Å². The van der Waals surface area contributed by atoms with Crippen molar-refractivity contribution in [3.8, 4) is 5.75 Å². The van der Waals surface area contributed by atoms with E-state index in [9.17, 15) is 9.59 Å². The molecule has 0 aliphatic carbocycles. The molecule has 0 fully saturated rings. The minimum Gasteiger partial charge on any atom is -0.488 e. The molecule has 3 N–H and O–H groups in total. The summed E-state index contributed by atoms with van der Waals surface area (Å²) >= 11 is 1.46. The summed E-state index contributed by atoms with van der Waals surface area (Å²) in [7, 11) is 0. The van der Waals surface area contributed by atoms with Crippen molar-refractivity contribution in [2.24, 2.45) is 0 Å². The number of ether oxygens (including phenoxy) is 1. The third kappa shape index (κ3) is 5.37.